The molecule has 6 heteroatoms. The van der Waals surface area contributed by atoms with Crippen molar-refractivity contribution in [1.82, 2.24) is 19.5 Å². The number of hydrogen-bond donors (Lipinski definition) is 1. The van der Waals surface area contributed by atoms with Gasteiger partial charge >= 0.3 is 0 Å². The first-order valence-electron chi connectivity index (χ1n) is 4.85. The molecule has 2 N–H and O–H groups in total. The molecule has 0 saturated heterocycles. The van der Waals surface area contributed by atoms with Gasteiger partial charge in [-0.3, -0.25) is 0 Å². The standard InChI is InChI=1S/C10H13N5S/c1-7-5-8(11)14-10(13-7)16-6-9-12-3-4-15(9)2/h3-5H,6H2,1-2H3,(H2,11,13,14). The van der Waals surface area contributed by atoms with E-state index in [0.717, 1.165) is 17.3 Å². The summed E-state index contributed by atoms with van der Waals surface area (Å²) < 4.78 is 1.98. The zero-order valence-corrected chi connectivity index (χ0v) is 10.0. The monoisotopic (exact) mass is 235 g/mol. The van der Waals surface area contributed by atoms with Crippen LogP contribution in [0.15, 0.2) is 23.6 Å². The summed E-state index contributed by atoms with van der Waals surface area (Å²) in [6, 6.07) is 1.75. The Morgan fingerprint density at radius 1 is 1.44 bits per heavy atom. The Balaban J connectivity index is 2.07. The molecule has 0 bridgehead atoms. The van der Waals surface area contributed by atoms with Crippen molar-refractivity contribution in [3.63, 3.8) is 0 Å². The minimum absolute atomic E-state index is 0.509. The van der Waals surface area contributed by atoms with Crippen molar-refractivity contribution in [3.05, 3.63) is 30.0 Å². The fourth-order valence-corrected chi connectivity index (χ4v) is 2.21. The second-order valence-electron chi connectivity index (χ2n) is 3.46. The lowest BCUT2D eigenvalue weighted by Gasteiger charge is -2.03. The number of nitrogens with two attached hydrogens (primary N) is 1. The molecule has 2 aromatic rings. The second kappa shape index (κ2) is 4.52. The molecular weight excluding hydrogens is 222 g/mol. The molecule has 0 aromatic carbocycles. The topological polar surface area (TPSA) is 69.6 Å². The average Bonchev–Trinajstić information content (AvgIpc) is 2.59. The van der Waals surface area contributed by atoms with Gasteiger partial charge in [-0.15, -0.1) is 0 Å². The Hall–Kier alpha value is -1.56. The summed E-state index contributed by atoms with van der Waals surface area (Å²) in [5.41, 5.74) is 6.54. The molecule has 0 radical (unpaired) electrons. The van der Waals surface area contributed by atoms with E-state index in [1.54, 1.807) is 12.3 Å². The zero-order valence-electron chi connectivity index (χ0n) is 9.21. The van der Waals surface area contributed by atoms with Gasteiger partial charge < -0.3 is 10.3 Å². The van der Waals surface area contributed by atoms with Crippen molar-refractivity contribution < 1.29 is 0 Å². The van der Waals surface area contributed by atoms with Gasteiger partial charge in [-0.25, -0.2) is 15.0 Å². The fourth-order valence-electron chi connectivity index (χ4n) is 1.29. The Morgan fingerprint density at radius 3 is 2.88 bits per heavy atom. The number of anilines is 1. The lowest BCUT2D eigenvalue weighted by Crippen LogP contribution is -1.98. The molecule has 0 aliphatic heterocycles. The minimum Gasteiger partial charge on any atom is -0.384 e. The molecule has 2 aromatic heterocycles. The van der Waals surface area contributed by atoms with E-state index in [9.17, 15) is 0 Å². The Labute approximate surface area is 98.1 Å². The van der Waals surface area contributed by atoms with Crippen molar-refractivity contribution in [1.29, 1.82) is 0 Å². The van der Waals surface area contributed by atoms with Crippen molar-refractivity contribution >= 4 is 17.6 Å². The van der Waals surface area contributed by atoms with Gasteiger partial charge in [0.25, 0.3) is 0 Å². The Kier molecular flexibility index (Phi) is 3.09. The minimum atomic E-state index is 0.509. The maximum Gasteiger partial charge on any atom is 0.190 e. The molecule has 0 fully saturated rings. The van der Waals surface area contributed by atoms with E-state index in [2.05, 4.69) is 15.0 Å². The van der Waals surface area contributed by atoms with Gasteiger partial charge in [-0.05, 0) is 6.92 Å². The number of aryl methyl sites for hydroxylation is 2. The van der Waals surface area contributed by atoms with Crippen LogP contribution < -0.4 is 5.73 Å². The first-order chi connectivity index (χ1) is 7.65. The van der Waals surface area contributed by atoms with Crippen molar-refractivity contribution in [2.45, 2.75) is 17.8 Å². The van der Waals surface area contributed by atoms with Gasteiger partial charge in [0.2, 0.25) is 0 Å². The van der Waals surface area contributed by atoms with Crippen LogP contribution in [0.1, 0.15) is 11.5 Å². The van der Waals surface area contributed by atoms with Gasteiger partial charge in [0, 0.05) is 31.2 Å². The van der Waals surface area contributed by atoms with E-state index in [4.69, 9.17) is 5.73 Å². The molecule has 2 heterocycles. The van der Waals surface area contributed by atoms with Crippen LogP contribution in [0.5, 0.6) is 0 Å². The SMILES string of the molecule is Cc1cc(N)nc(SCc2nccn2C)n1. The highest BCUT2D eigenvalue weighted by Gasteiger charge is 2.04. The van der Waals surface area contributed by atoms with Crippen molar-refractivity contribution in [3.8, 4) is 0 Å². The molecule has 2 rings (SSSR count). The van der Waals surface area contributed by atoms with Gasteiger partial charge in [0.15, 0.2) is 5.16 Å². The van der Waals surface area contributed by atoms with Gasteiger partial charge in [0.05, 0.1) is 5.75 Å². The molecule has 0 spiro atoms. The number of nitrogen functional groups attached to an aromatic ring is 1. The van der Waals surface area contributed by atoms with E-state index in [1.807, 2.05) is 24.7 Å². The maximum atomic E-state index is 5.65. The third kappa shape index (κ3) is 2.52. The van der Waals surface area contributed by atoms with Crippen LogP contribution in [-0.2, 0) is 12.8 Å². The van der Waals surface area contributed by atoms with Crippen LogP contribution in [0.2, 0.25) is 0 Å². The second-order valence-corrected chi connectivity index (χ2v) is 4.40. The quantitative estimate of drug-likeness (QED) is 0.643. The first-order valence-corrected chi connectivity index (χ1v) is 5.84. The number of thioether (sulfide) groups is 1. The summed E-state index contributed by atoms with van der Waals surface area (Å²) in [4.78, 5) is 12.7. The Morgan fingerprint density at radius 2 is 2.25 bits per heavy atom. The smallest absolute Gasteiger partial charge is 0.190 e. The maximum absolute atomic E-state index is 5.65. The molecule has 84 valence electrons. The molecule has 0 atom stereocenters. The summed E-state index contributed by atoms with van der Waals surface area (Å²) in [5, 5.41) is 0.695. The Bertz CT molecular complexity index is 473. The van der Waals surface area contributed by atoms with Crippen LogP contribution in [-0.4, -0.2) is 19.5 Å². The molecular formula is C10H13N5S. The molecule has 16 heavy (non-hydrogen) atoms. The van der Waals surface area contributed by atoms with Gasteiger partial charge in [-0.2, -0.15) is 0 Å². The van der Waals surface area contributed by atoms with Gasteiger partial charge in [-0.1, -0.05) is 11.8 Å². The molecule has 0 aliphatic rings. The highest BCUT2D eigenvalue weighted by Crippen LogP contribution is 2.19. The molecule has 0 amide bonds. The van der Waals surface area contributed by atoms with Crippen LogP contribution in [0, 0.1) is 6.92 Å². The lowest BCUT2D eigenvalue weighted by molar-refractivity contribution is 0.846. The fraction of sp³-hybridized carbons (Fsp3) is 0.300. The van der Waals surface area contributed by atoms with E-state index in [1.165, 1.54) is 11.8 Å². The summed E-state index contributed by atoms with van der Waals surface area (Å²) in [6.45, 7) is 1.91. The van der Waals surface area contributed by atoms with E-state index in [0.29, 0.717) is 11.0 Å². The molecule has 0 saturated carbocycles. The summed E-state index contributed by atoms with van der Waals surface area (Å²) in [7, 11) is 1.97. The largest absolute Gasteiger partial charge is 0.384 e. The van der Waals surface area contributed by atoms with Crippen LogP contribution in [0.4, 0.5) is 5.82 Å². The number of hydrogen-bond acceptors (Lipinski definition) is 5. The van der Waals surface area contributed by atoms with Crippen LogP contribution in [0.3, 0.4) is 0 Å². The van der Waals surface area contributed by atoms with E-state index < -0.39 is 0 Å². The number of aromatic nitrogens is 4. The average molecular weight is 235 g/mol. The predicted octanol–water partition coefficient (Wildman–Crippen LogP) is 1.39. The number of imidazole rings is 1. The van der Waals surface area contributed by atoms with Crippen molar-refractivity contribution in [2.75, 3.05) is 5.73 Å². The van der Waals surface area contributed by atoms with Crippen LogP contribution in [0.25, 0.3) is 0 Å². The summed E-state index contributed by atoms with van der Waals surface area (Å²) in [5.74, 6) is 2.25. The third-order valence-corrected chi connectivity index (χ3v) is 2.95. The third-order valence-electron chi connectivity index (χ3n) is 2.10. The van der Waals surface area contributed by atoms with Crippen LogP contribution >= 0.6 is 11.8 Å². The summed E-state index contributed by atoms with van der Waals surface area (Å²) >= 11 is 1.54. The zero-order chi connectivity index (χ0) is 11.5. The highest BCUT2D eigenvalue weighted by atomic mass is 32.2. The lowest BCUT2D eigenvalue weighted by atomic mass is 10.4. The van der Waals surface area contributed by atoms with Gasteiger partial charge in [0.1, 0.15) is 11.6 Å². The highest BCUT2D eigenvalue weighted by molar-refractivity contribution is 7.98. The first kappa shape index (κ1) is 10.9. The summed E-state index contributed by atoms with van der Waals surface area (Å²) in [6.07, 6.45) is 3.70. The molecule has 5 nitrogen and oxygen atoms in total. The molecule has 0 unspecified atom stereocenters. The number of nitrogens with zero attached hydrogens (tertiary/aromatic N) is 4. The normalized spacial score (nSPS) is 10.6. The van der Waals surface area contributed by atoms with E-state index >= 15 is 0 Å². The molecule has 0 aliphatic carbocycles. The van der Waals surface area contributed by atoms with Crippen molar-refractivity contribution in [2.24, 2.45) is 7.05 Å². The number of rotatable bonds is 3. The predicted molar refractivity (Wildman–Crippen MR) is 64.0 cm³/mol. The van der Waals surface area contributed by atoms with E-state index in [-0.39, 0.29) is 0 Å².